The summed E-state index contributed by atoms with van der Waals surface area (Å²) in [4.78, 5) is 29.5. The number of benzene rings is 4. The highest BCUT2D eigenvalue weighted by Crippen LogP contribution is 2.19. The van der Waals surface area contributed by atoms with Gasteiger partial charge in [-0.15, -0.1) is 0 Å². The van der Waals surface area contributed by atoms with Gasteiger partial charge in [0.1, 0.15) is 11.8 Å². The zero-order chi connectivity index (χ0) is 31.5. The molecule has 0 bridgehead atoms. The molecule has 0 heterocycles. The van der Waals surface area contributed by atoms with Gasteiger partial charge >= 0.3 is 0 Å². The first-order valence-corrected chi connectivity index (χ1v) is 16.3. The van der Waals surface area contributed by atoms with Crippen molar-refractivity contribution in [3.8, 4) is 5.75 Å². The fraction of sp³-hybridized carbons (Fsp3) is 0.235. The van der Waals surface area contributed by atoms with E-state index >= 15 is 0 Å². The highest BCUT2D eigenvalue weighted by Gasteiger charge is 2.33. The molecule has 1 atom stereocenters. The van der Waals surface area contributed by atoms with Crippen LogP contribution in [0.4, 0.5) is 0 Å². The fourth-order valence-electron chi connectivity index (χ4n) is 4.71. The average Bonchev–Trinajstić information content (AvgIpc) is 3.03. The van der Waals surface area contributed by atoms with Crippen LogP contribution in [0.2, 0.25) is 5.02 Å². The Bertz CT molecular complexity index is 1620. The Balaban J connectivity index is 1.66. The van der Waals surface area contributed by atoms with E-state index in [1.54, 1.807) is 43.5 Å². The second-order valence-corrected chi connectivity index (χ2v) is 12.9. The SMILES string of the molecule is COc1ccc(CNC(=O)[C@@H](Cc2ccccc2)N(Cc2ccc(Cl)cc2)C(=O)CN(Cc2ccccc2)S(C)(=O)=O)cc1. The summed E-state index contributed by atoms with van der Waals surface area (Å²) in [6.45, 7) is -0.0987. The molecule has 0 radical (unpaired) electrons. The van der Waals surface area contributed by atoms with Crippen LogP contribution in [0.15, 0.2) is 109 Å². The summed E-state index contributed by atoms with van der Waals surface area (Å²) in [5.74, 6) is -0.157. The van der Waals surface area contributed by atoms with E-state index in [1.807, 2.05) is 72.8 Å². The largest absolute Gasteiger partial charge is 0.497 e. The Labute approximate surface area is 264 Å². The van der Waals surface area contributed by atoms with E-state index in [0.29, 0.717) is 10.8 Å². The molecule has 0 fully saturated rings. The van der Waals surface area contributed by atoms with Crippen molar-refractivity contribution in [3.05, 3.63) is 136 Å². The molecule has 0 aliphatic heterocycles. The van der Waals surface area contributed by atoms with E-state index in [4.69, 9.17) is 16.3 Å². The number of methoxy groups -OCH3 is 1. The van der Waals surface area contributed by atoms with Gasteiger partial charge in [0.2, 0.25) is 21.8 Å². The van der Waals surface area contributed by atoms with Crippen molar-refractivity contribution >= 4 is 33.4 Å². The van der Waals surface area contributed by atoms with E-state index in [9.17, 15) is 18.0 Å². The van der Waals surface area contributed by atoms with Gasteiger partial charge in [0.05, 0.1) is 19.9 Å². The molecule has 4 rings (SSSR count). The Hall–Kier alpha value is -4.18. The Kier molecular flexibility index (Phi) is 11.5. The maximum atomic E-state index is 14.1. The lowest BCUT2D eigenvalue weighted by Gasteiger charge is -2.33. The zero-order valence-electron chi connectivity index (χ0n) is 24.7. The summed E-state index contributed by atoms with van der Waals surface area (Å²) < 4.78 is 32.0. The van der Waals surface area contributed by atoms with E-state index < -0.39 is 28.5 Å². The van der Waals surface area contributed by atoms with E-state index in [-0.39, 0.29) is 32.0 Å². The summed E-state index contributed by atoms with van der Waals surface area (Å²) in [6, 6.07) is 31.9. The molecular formula is C34H36ClN3O5S. The number of nitrogens with one attached hydrogen (secondary N) is 1. The monoisotopic (exact) mass is 633 g/mol. The number of carbonyl (C=O) groups excluding carboxylic acids is 2. The van der Waals surface area contributed by atoms with Crippen molar-refractivity contribution in [2.24, 2.45) is 0 Å². The lowest BCUT2D eigenvalue weighted by Crippen LogP contribution is -2.53. The average molecular weight is 634 g/mol. The lowest BCUT2D eigenvalue weighted by atomic mass is 10.0. The molecule has 230 valence electrons. The van der Waals surface area contributed by atoms with Gasteiger partial charge in [0, 0.05) is 31.1 Å². The first-order chi connectivity index (χ1) is 21.1. The molecule has 0 aromatic heterocycles. The maximum Gasteiger partial charge on any atom is 0.243 e. The van der Waals surface area contributed by atoms with Crippen LogP contribution in [0.5, 0.6) is 5.75 Å². The number of carbonyl (C=O) groups is 2. The van der Waals surface area contributed by atoms with Gasteiger partial charge in [-0.1, -0.05) is 96.5 Å². The fourth-order valence-corrected chi connectivity index (χ4v) is 5.56. The third-order valence-corrected chi connectivity index (χ3v) is 8.59. The Morgan fingerprint density at radius 3 is 1.89 bits per heavy atom. The number of sulfonamides is 1. The molecule has 2 amide bonds. The van der Waals surface area contributed by atoms with E-state index in [0.717, 1.165) is 32.8 Å². The predicted molar refractivity (Wildman–Crippen MR) is 172 cm³/mol. The molecule has 1 N–H and O–H groups in total. The van der Waals surface area contributed by atoms with Crippen molar-refractivity contribution < 1.29 is 22.7 Å². The molecule has 0 aliphatic rings. The Morgan fingerprint density at radius 1 is 0.773 bits per heavy atom. The maximum absolute atomic E-state index is 14.1. The summed E-state index contributed by atoms with van der Waals surface area (Å²) in [6.07, 6.45) is 1.31. The van der Waals surface area contributed by atoms with Crippen LogP contribution in [0, 0.1) is 0 Å². The smallest absolute Gasteiger partial charge is 0.243 e. The van der Waals surface area contributed by atoms with Crippen molar-refractivity contribution in [2.45, 2.75) is 32.1 Å². The van der Waals surface area contributed by atoms with Crippen molar-refractivity contribution in [3.63, 3.8) is 0 Å². The van der Waals surface area contributed by atoms with Crippen LogP contribution in [-0.4, -0.2) is 55.4 Å². The minimum absolute atomic E-state index is 0.0210. The van der Waals surface area contributed by atoms with Gasteiger partial charge in [-0.2, -0.15) is 4.31 Å². The van der Waals surface area contributed by atoms with Gasteiger partial charge in [0.25, 0.3) is 0 Å². The topological polar surface area (TPSA) is 96.0 Å². The highest BCUT2D eigenvalue weighted by molar-refractivity contribution is 7.88. The minimum atomic E-state index is -3.77. The molecule has 10 heteroatoms. The van der Waals surface area contributed by atoms with Crippen molar-refractivity contribution in [1.29, 1.82) is 0 Å². The summed E-state index contributed by atoms with van der Waals surface area (Å²) in [7, 11) is -2.18. The van der Waals surface area contributed by atoms with Crippen LogP contribution in [-0.2, 0) is 45.7 Å². The molecule has 0 aliphatic carbocycles. The number of hydrogen-bond acceptors (Lipinski definition) is 5. The number of halogens is 1. The van der Waals surface area contributed by atoms with Gasteiger partial charge in [-0.3, -0.25) is 9.59 Å². The minimum Gasteiger partial charge on any atom is -0.497 e. The predicted octanol–water partition coefficient (Wildman–Crippen LogP) is 5.07. The normalized spacial score (nSPS) is 12.0. The van der Waals surface area contributed by atoms with E-state index in [1.165, 1.54) is 4.90 Å². The summed E-state index contributed by atoms with van der Waals surface area (Å²) >= 11 is 6.12. The van der Waals surface area contributed by atoms with Crippen molar-refractivity contribution in [2.75, 3.05) is 19.9 Å². The molecule has 4 aromatic rings. The van der Waals surface area contributed by atoms with Crippen LogP contribution in [0.1, 0.15) is 22.3 Å². The van der Waals surface area contributed by atoms with E-state index in [2.05, 4.69) is 5.32 Å². The lowest BCUT2D eigenvalue weighted by molar-refractivity contribution is -0.141. The van der Waals surface area contributed by atoms with Gasteiger partial charge in [-0.05, 0) is 46.5 Å². The zero-order valence-corrected chi connectivity index (χ0v) is 26.3. The molecule has 44 heavy (non-hydrogen) atoms. The molecule has 8 nitrogen and oxygen atoms in total. The van der Waals surface area contributed by atoms with Crippen LogP contribution < -0.4 is 10.1 Å². The molecule has 0 unspecified atom stereocenters. The second-order valence-electron chi connectivity index (χ2n) is 10.4. The van der Waals surface area contributed by atoms with Gasteiger partial charge < -0.3 is 15.0 Å². The van der Waals surface area contributed by atoms with Crippen LogP contribution >= 0.6 is 11.6 Å². The van der Waals surface area contributed by atoms with Gasteiger partial charge in [-0.25, -0.2) is 8.42 Å². The standard InChI is InChI=1S/C34H36ClN3O5S/c1-43-31-19-15-27(16-20-31)22-36-34(40)32(21-26-9-5-3-6-10-26)38(24-29-13-17-30(35)18-14-29)33(39)25-37(44(2,41)42)23-28-11-7-4-8-12-28/h3-20,32H,21-25H2,1-2H3,(H,36,40)/t32-/m1/s1. The second kappa shape index (κ2) is 15.5. The Morgan fingerprint density at radius 2 is 1.32 bits per heavy atom. The highest BCUT2D eigenvalue weighted by atomic mass is 35.5. The van der Waals surface area contributed by atoms with Gasteiger partial charge in [0.15, 0.2) is 0 Å². The quantitative estimate of drug-likeness (QED) is 0.209. The third kappa shape index (κ3) is 9.67. The molecule has 4 aromatic carbocycles. The summed E-state index contributed by atoms with van der Waals surface area (Å²) in [5.41, 5.74) is 3.21. The molecular weight excluding hydrogens is 598 g/mol. The molecule has 0 saturated carbocycles. The third-order valence-electron chi connectivity index (χ3n) is 7.15. The first kappa shape index (κ1) is 32.7. The number of nitrogens with zero attached hydrogens (tertiary/aromatic N) is 2. The summed E-state index contributed by atoms with van der Waals surface area (Å²) in [5, 5.41) is 3.52. The number of amides is 2. The number of ether oxygens (including phenoxy) is 1. The van der Waals surface area contributed by atoms with Crippen LogP contribution in [0.25, 0.3) is 0 Å². The molecule has 0 saturated heterocycles. The number of rotatable bonds is 14. The first-order valence-electron chi connectivity index (χ1n) is 14.1. The number of hydrogen-bond donors (Lipinski definition) is 1. The molecule has 0 spiro atoms. The van der Waals surface area contributed by atoms with Crippen LogP contribution in [0.3, 0.4) is 0 Å². The van der Waals surface area contributed by atoms with Crippen molar-refractivity contribution in [1.82, 2.24) is 14.5 Å².